The molecule has 0 bridgehead atoms. The molecule has 0 aromatic heterocycles. The minimum Gasteiger partial charge on any atom is -0.494 e. The fraction of sp³-hybridized carbons (Fsp3) is 0.231. The molecule has 2 heterocycles. The van der Waals surface area contributed by atoms with Gasteiger partial charge in [0.15, 0.2) is 0 Å². The van der Waals surface area contributed by atoms with Crippen molar-refractivity contribution in [1.29, 1.82) is 0 Å². The van der Waals surface area contributed by atoms with Crippen LogP contribution in [-0.4, -0.2) is 52.7 Å². The maximum Gasteiger partial charge on any atom is 0.258 e. The first-order valence-corrected chi connectivity index (χ1v) is 18.0. The summed E-state index contributed by atoms with van der Waals surface area (Å²) < 4.78 is 18.6. The third kappa shape index (κ3) is 6.31. The van der Waals surface area contributed by atoms with Crippen molar-refractivity contribution in [1.82, 2.24) is 0 Å². The van der Waals surface area contributed by atoms with Gasteiger partial charge in [-0.1, -0.05) is 12.1 Å². The second-order valence-electron chi connectivity index (χ2n) is 9.88. The number of amides is 4. The van der Waals surface area contributed by atoms with Gasteiger partial charge < -0.3 is 13.6 Å². The summed E-state index contributed by atoms with van der Waals surface area (Å²) in [6.45, 7) is 8.23. The molecule has 4 amide bonds. The second-order valence-corrected chi connectivity index (χ2v) is 18.3. The van der Waals surface area contributed by atoms with Crippen molar-refractivity contribution in [2.75, 3.05) is 22.3 Å². The van der Waals surface area contributed by atoms with E-state index in [4.69, 9.17) is 13.6 Å². The van der Waals surface area contributed by atoms with Crippen molar-refractivity contribution in [2.45, 2.75) is 26.2 Å². The van der Waals surface area contributed by atoms with E-state index in [1.807, 2.05) is 0 Å². The number of hydrogen-bond acceptors (Lipinski definition) is 7. The molecule has 2 aliphatic rings. The van der Waals surface area contributed by atoms with Crippen LogP contribution in [0.2, 0.25) is 26.2 Å². The Kier molecular flexibility index (Phi) is 7.30. The maximum absolute atomic E-state index is 12.0. The third-order valence-corrected chi connectivity index (χ3v) is 11.6. The van der Waals surface area contributed by atoms with Crippen LogP contribution in [0.3, 0.4) is 0 Å². The number of carbonyl (C=O) groups is 4. The molecule has 2 aliphatic heterocycles. The van der Waals surface area contributed by atoms with Crippen LogP contribution in [0.1, 0.15) is 0 Å². The monoisotopic (exact) mass is 536 g/mol. The zero-order valence-corrected chi connectivity index (χ0v) is 23.1. The average molecular weight is 537 g/mol. The molecule has 9 nitrogen and oxygen atoms in total. The molecule has 0 saturated carbocycles. The molecule has 37 heavy (non-hydrogen) atoms. The Morgan fingerprint density at radius 1 is 0.595 bits per heavy atom. The van der Waals surface area contributed by atoms with Gasteiger partial charge in [-0.2, -0.15) is 0 Å². The van der Waals surface area contributed by atoms with Crippen molar-refractivity contribution in [3.05, 3.63) is 72.8 Å². The highest BCUT2D eigenvalue weighted by molar-refractivity contribution is 6.84. The smallest absolute Gasteiger partial charge is 0.258 e. The van der Waals surface area contributed by atoms with Gasteiger partial charge in [0.25, 0.3) is 23.6 Å². The molecule has 0 fully saturated rings. The lowest BCUT2D eigenvalue weighted by atomic mass is 10.3. The summed E-state index contributed by atoms with van der Waals surface area (Å²) in [6, 6.07) is 13.7. The summed E-state index contributed by atoms with van der Waals surface area (Å²) >= 11 is 0. The van der Waals surface area contributed by atoms with Gasteiger partial charge in [-0.05, 0) is 50.5 Å². The van der Waals surface area contributed by atoms with E-state index in [1.54, 1.807) is 48.5 Å². The maximum atomic E-state index is 12.0. The lowest BCUT2D eigenvalue weighted by Gasteiger charge is -2.33. The van der Waals surface area contributed by atoms with Crippen LogP contribution in [0.5, 0.6) is 11.5 Å². The highest BCUT2D eigenvalue weighted by Crippen LogP contribution is 2.27. The highest BCUT2D eigenvalue weighted by Gasteiger charge is 2.35. The molecule has 192 valence electrons. The molecule has 11 heteroatoms. The Hall–Kier alpha value is -3.81. The van der Waals surface area contributed by atoms with E-state index in [2.05, 4.69) is 26.2 Å². The van der Waals surface area contributed by atoms with E-state index in [9.17, 15) is 19.2 Å². The Morgan fingerprint density at radius 2 is 0.946 bits per heavy atom. The number of imide groups is 2. The van der Waals surface area contributed by atoms with Crippen molar-refractivity contribution in [3.63, 3.8) is 0 Å². The Labute approximate surface area is 217 Å². The van der Waals surface area contributed by atoms with Gasteiger partial charge in [-0.25, -0.2) is 9.80 Å². The Morgan fingerprint density at radius 3 is 1.30 bits per heavy atom. The molecule has 0 aliphatic carbocycles. The summed E-state index contributed by atoms with van der Waals surface area (Å²) in [5.74, 6) is -0.436. The van der Waals surface area contributed by atoms with Gasteiger partial charge in [-0.3, -0.25) is 19.2 Å². The predicted octanol–water partition coefficient (Wildman–Crippen LogP) is 3.51. The number of nitrogens with zero attached hydrogens (tertiary/aromatic N) is 2. The SMILES string of the molecule is C[Si](C)(COc1cccc(N2C(=O)C=CC2=O)c1)O[Si](C)(C)COc1cccc(N2C(=O)C=CC2=O)c1. The number of anilines is 2. The zero-order valence-electron chi connectivity index (χ0n) is 21.1. The molecular formula is C26H28N2O7Si2. The largest absolute Gasteiger partial charge is 0.494 e. The molecule has 0 radical (unpaired) electrons. The third-order valence-electron chi connectivity index (χ3n) is 5.50. The molecule has 0 unspecified atom stereocenters. The van der Waals surface area contributed by atoms with Crippen molar-refractivity contribution in [3.8, 4) is 11.5 Å². The molecule has 4 rings (SSSR count). The van der Waals surface area contributed by atoms with Crippen LogP contribution < -0.4 is 19.3 Å². The number of carbonyl (C=O) groups excluding carboxylic acids is 4. The summed E-state index contributed by atoms with van der Waals surface area (Å²) in [5.41, 5.74) is 0.910. The van der Waals surface area contributed by atoms with E-state index < -0.39 is 16.6 Å². The van der Waals surface area contributed by atoms with Gasteiger partial charge in [-0.15, -0.1) is 0 Å². The summed E-state index contributed by atoms with van der Waals surface area (Å²) in [5, 5.41) is 0. The van der Waals surface area contributed by atoms with Gasteiger partial charge in [0.1, 0.15) is 24.0 Å². The molecule has 2 aromatic carbocycles. The van der Waals surface area contributed by atoms with E-state index in [0.717, 1.165) is 9.80 Å². The molecule has 0 spiro atoms. The topological polar surface area (TPSA) is 102 Å². The molecule has 0 saturated heterocycles. The molecule has 0 atom stereocenters. The van der Waals surface area contributed by atoms with Crippen molar-refractivity contribution in [2.24, 2.45) is 0 Å². The molecular weight excluding hydrogens is 508 g/mol. The summed E-state index contributed by atoms with van der Waals surface area (Å²) in [6.07, 6.45) is 5.71. The zero-order chi connectivity index (χ0) is 26.8. The average Bonchev–Trinajstić information content (AvgIpc) is 3.36. The summed E-state index contributed by atoms with van der Waals surface area (Å²) in [4.78, 5) is 50.1. The predicted molar refractivity (Wildman–Crippen MR) is 143 cm³/mol. The van der Waals surface area contributed by atoms with Crippen molar-refractivity contribution < 1.29 is 32.8 Å². The number of ether oxygens (including phenoxy) is 2. The van der Waals surface area contributed by atoms with E-state index in [0.29, 0.717) is 35.3 Å². The van der Waals surface area contributed by atoms with E-state index >= 15 is 0 Å². The van der Waals surface area contributed by atoms with Crippen LogP contribution in [-0.2, 0) is 23.3 Å². The van der Waals surface area contributed by atoms with Gasteiger partial charge >= 0.3 is 0 Å². The Bertz CT molecular complexity index is 1180. The first-order chi connectivity index (χ1) is 17.4. The number of benzene rings is 2. The normalized spacial score (nSPS) is 15.8. The first-order valence-electron chi connectivity index (χ1n) is 11.7. The fourth-order valence-electron chi connectivity index (χ4n) is 4.06. The lowest BCUT2D eigenvalue weighted by Crippen LogP contribution is -2.51. The minimum atomic E-state index is -2.29. The molecule has 2 aromatic rings. The Balaban J connectivity index is 1.33. The van der Waals surface area contributed by atoms with Crippen LogP contribution in [0.25, 0.3) is 0 Å². The van der Waals surface area contributed by atoms with E-state index in [-0.39, 0.29) is 23.6 Å². The highest BCUT2D eigenvalue weighted by atomic mass is 28.4. The lowest BCUT2D eigenvalue weighted by molar-refractivity contribution is -0.121. The standard InChI is InChI=1S/C26H28N2O7Si2/c1-36(2,17-33-21-9-5-7-19(15-21)27-23(29)11-12-24(27)30)35-37(3,4)18-34-22-10-6-8-20(16-22)28-25(31)13-14-26(28)32/h5-16H,17-18H2,1-4H3. The molecule has 0 N–H and O–H groups in total. The summed E-state index contributed by atoms with van der Waals surface area (Å²) in [7, 11) is -4.58. The van der Waals surface area contributed by atoms with Gasteiger partial charge in [0.05, 0.1) is 11.4 Å². The van der Waals surface area contributed by atoms with Crippen LogP contribution >= 0.6 is 0 Å². The van der Waals surface area contributed by atoms with Crippen molar-refractivity contribution >= 4 is 51.6 Å². The number of hydrogen-bond donors (Lipinski definition) is 0. The van der Waals surface area contributed by atoms with Gasteiger partial charge in [0.2, 0.25) is 16.6 Å². The second kappa shape index (κ2) is 10.3. The van der Waals surface area contributed by atoms with Crippen LogP contribution in [0, 0.1) is 0 Å². The van der Waals surface area contributed by atoms with E-state index in [1.165, 1.54) is 24.3 Å². The number of rotatable bonds is 10. The van der Waals surface area contributed by atoms with Gasteiger partial charge in [0, 0.05) is 36.4 Å². The first kappa shape index (κ1) is 26.3. The van der Waals surface area contributed by atoms with Crippen LogP contribution in [0.4, 0.5) is 11.4 Å². The minimum absolute atomic E-state index is 0.370. The van der Waals surface area contributed by atoms with Crippen LogP contribution in [0.15, 0.2) is 72.8 Å². The quantitative estimate of drug-likeness (QED) is 0.338. The fourth-order valence-corrected chi connectivity index (χ4v) is 11.5.